The predicted octanol–water partition coefficient (Wildman–Crippen LogP) is 4.33. The molecular formula is C23H28N4O. The molecule has 0 aliphatic heterocycles. The maximum atomic E-state index is 12.5. The Morgan fingerprint density at radius 2 is 1.79 bits per heavy atom. The molecule has 0 aliphatic carbocycles. The van der Waals surface area contributed by atoms with E-state index in [2.05, 4.69) is 17.2 Å². The van der Waals surface area contributed by atoms with E-state index in [1.807, 2.05) is 54.3 Å². The van der Waals surface area contributed by atoms with Gasteiger partial charge in [-0.25, -0.2) is 0 Å². The lowest BCUT2D eigenvalue weighted by Gasteiger charge is -2.18. The maximum Gasteiger partial charge on any atom is 0.267 e. The van der Waals surface area contributed by atoms with Crippen LogP contribution in [0.5, 0.6) is 0 Å². The van der Waals surface area contributed by atoms with Crippen LogP contribution in [0, 0.1) is 11.3 Å². The highest BCUT2D eigenvalue weighted by Gasteiger charge is 2.11. The van der Waals surface area contributed by atoms with E-state index in [0.717, 1.165) is 38.8 Å². The Balaban J connectivity index is 1.97. The van der Waals surface area contributed by atoms with Gasteiger partial charge in [0.1, 0.15) is 11.6 Å². The number of nitrogens with one attached hydrogen (secondary N) is 1. The second kappa shape index (κ2) is 11.6. The van der Waals surface area contributed by atoms with Crippen LogP contribution in [0.15, 0.2) is 60.6 Å². The molecule has 5 nitrogen and oxygen atoms in total. The average Bonchev–Trinajstić information content (AvgIpc) is 2.74. The van der Waals surface area contributed by atoms with Crippen molar-refractivity contribution in [3.8, 4) is 6.07 Å². The topological polar surface area (TPSA) is 69.0 Å². The van der Waals surface area contributed by atoms with Gasteiger partial charge in [0.25, 0.3) is 5.91 Å². The van der Waals surface area contributed by atoms with E-state index in [-0.39, 0.29) is 11.5 Å². The number of hydrogen-bond acceptors (Lipinski definition) is 4. The summed E-state index contributed by atoms with van der Waals surface area (Å²) in [6, 6.07) is 13.8. The summed E-state index contributed by atoms with van der Waals surface area (Å²) in [6.45, 7) is 5.62. The fraction of sp³-hybridized carbons (Fsp3) is 0.348. The zero-order chi connectivity index (χ0) is 20.2. The monoisotopic (exact) mass is 376 g/mol. The molecule has 28 heavy (non-hydrogen) atoms. The van der Waals surface area contributed by atoms with Gasteiger partial charge in [-0.2, -0.15) is 5.26 Å². The number of unbranched alkanes of at least 4 members (excludes halogenated alkanes) is 1. The highest BCUT2D eigenvalue weighted by molar-refractivity contribution is 6.06. The Morgan fingerprint density at radius 1 is 1.11 bits per heavy atom. The van der Waals surface area contributed by atoms with Crippen LogP contribution in [0.1, 0.15) is 37.8 Å². The lowest BCUT2D eigenvalue weighted by Crippen LogP contribution is -2.23. The smallest absolute Gasteiger partial charge is 0.267 e. The molecule has 1 N–H and O–H groups in total. The van der Waals surface area contributed by atoms with Gasteiger partial charge in [-0.1, -0.05) is 25.5 Å². The van der Waals surface area contributed by atoms with Gasteiger partial charge in [0.05, 0.1) is 0 Å². The summed E-state index contributed by atoms with van der Waals surface area (Å²) < 4.78 is 0. The third-order valence-electron chi connectivity index (χ3n) is 4.55. The number of aryl methyl sites for hydroxylation is 1. The van der Waals surface area contributed by atoms with Crippen LogP contribution in [0.4, 0.5) is 5.69 Å². The van der Waals surface area contributed by atoms with E-state index in [9.17, 15) is 10.1 Å². The van der Waals surface area contributed by atoms with Crippen molar-refractivity contribution in [1.29, 1.82) is 5.26 Å². The van der Waals surface area contributed by atoms with Gasteiger partial charge in [0, 0.05) is 37.4 Å². The van der Waals surface area contributed by atoms with E-state index in [0.29, 0.717) is 5.69 Å². The Morgan fingerprint density at radius 3 is 2.39 bits per heavy atom. The van der Waals surface area contributed by atoms with Gasteiger partial charge >= 0.3 is 0 Å². The number of amides is 1. The summed E-state index contributed by atoms with van der Waals surface area (Å²) in [5.74, 6) is -0.383. The minimum Gasteiger partial charge on any atom is -0.376 e. The zero-order valence-electron chi connectivity index (χ0n) is 16.7. The number of carbonyl (C=O) groups excluding carboxylic acids is 1. The first kappa shape index (κ1) is 21.2. The largest absolute Gasteiger partial charge is 0.376 e. The first-order valence-corrected chi connectivity index (χ1v) is 9.81. The van der Waals surface area contributed by atoms with Crippen LogP contribution in [0.2, 0.25) is 0 Å². The molecule has 0 saturated heterocycles. The number of carbonyl (C=O) groups is 1. The van der Waals surface area contributed by atoms with Crippen LogP contribution >= 0.6 is 0 Å². The van der Waals surface area contributed by atoms with Crippen molar-refractivity contribution in [3.63, 3.8) is 0 Å². The van der Waals surface area contributed by atoms with Crippen LogP contribution in [-0.2, 0) is 17.6 Å². The van der Waals surface area contributed by atoms with E-state index in [1.165, 1.54) is 11.1 Å². The zero-order valence-corrected chi connectivity index (χ0v) is 16.7. The lowest BCUT2D eigenvalue weighted by molar-refractivity contribution is -0.112. The quantitative estimate of drug-likeness (QED) is 0.495. The average molecular weight is 377 g/mol. The van der Waals surface area contributed by atoms with Gasteiger partial charge in [0.2, 0.25) is 0 Å². The number of benzene rings is 1. The summed E-state index contributed by atoms with van der Waals surface area (Å²) in [6.07, 6.45) is 9.35. The second-order valence-corrected chi connectivity index (χ2v) is 6.64. The third kappa shape index (κ3) is 6.88. The molecule has 0 radical (unpaired) electrons. The molecule has 0 unspecified atom stereocenters. The molecule has 2 aromatic rings. The van der Waals surface area contributed by atoms with Gasteiger partial charge in [-0.3, -0.25) is 9.78 Å². The Kier molecular flexibility index (Phi) is 8.74. The first-order chi connectivity index (χ1) is 13.7. The fourth-order valence-corrected chi connectivity index (χ4v) is 2.79. The third-order valence-corrected chi connectivity index (χ3v) is 4.55. The Labute approximate surface area is 167 Å². The highest BCUT2D eigenvalue weighted by atomic mass is 16.1. The predicted molar refractivity (Wildman–Crippen MR) is 113 cm³/mol. The van der Waals surface area contributed by atoms with Gasteiger partial charge in [-0.15, -0.1) is 0 Å². The molecule has 146 valence electrons. The summed E-state index contributed by atoms with van der Waals surface area (Å²) in [7, 11) is 0. The molecule has 0 fully saturated rings. The van der Waals surface area contributed by atoms with E-state index >= 15 is 0 Å². The number of nitrogens with zero attached hydrogens (tertiary/aromatic N) is 3. The number of hydrogen-bond donors (Lipinski definition) is 1. The van der Waals surface area contributed by atoms with Crippen LogP contribution < -0.4 is 5.32 Å². The molecule has 0 spiro atoms. The molecule has 0 aliphatic rings. The summed E-state index contributed by atoms with van der Waals surface area (Å²) in [5.41, 5.74) is 3.23. The van der Waals surface area contributed by atoms with Crippen molar-refractivity contribution in [2.45, 2.75) is 39.5 Å². The summed E-state index contributed by atoms with van der Waals surface area (Å²) in [5, 5.41) is 12.2. The van der Waals surface area contributed by atoms with Crippen molar-refractivity contribution >= 4 is 11.6 Å². The molecule has 2 rings (SSSR count). The van der Waals surface area contributed by atoms with Crippen molar-refractivity contribution in [1.82, 2.24) is 9.88 Å². The first-order valence-electron chi connectivity index (χ1n) is 9.81. The molecule has 1 aromatic heterocycles. The number of aromatic nitrogens is 1. The summed E-state index contributed by atoms with van der Waals surface area (Å²) in [4.78, 5) is 18.5. The lowest BCUT2D eigenvalue weighted by atomic mass is 10.1. The molecule has 5 heteroatoms. The Bertz CT molecular complexity index is 807. The number of pyridine rings is 1. The number of anilines is 1. The highest BCUT2D eigenvalue weighted by Crippen LogP contribution is 2.13. The molecule has 1 aromatic carbocycles. The minimum absolute atomic E-state index is 0.103. The Hall–Kier alpha value is -3.13. The minimum atomic E-state index is -0.383. The second-order valence-electron chi connectivity index (χ2n) is 6.64. The molecule has 0 bridgehead atoms. The van der Waals surface area contributed by atoms with Crippen LogP contribution in [0.3, 0.4) is 0 Å². The SMILES string of the molecule is CCCCc1ccc(NC(=O)/C(C#N)=C\N(CC)CCc2ccncc2)cc1. The van der Waals surface area contributed by atoms with Gasteiger partial charge < -0.3 is 10.2 Å². The number of rotatable bonds is 10. The van der Waals surface area contributed by atoms with Gasteiger partial charge in [-0.05, 0) is 61.6 Å². The van der Waals surface area contributed by atoms with Crippen LogP contribution in [0.25, 0.3) is 0 Å². The van der Waals surface area contributed by atoms with E-state index in [1.54, 1.807) is 18.6 Å². The molecule has 1 heterocycles. The molecular weight excluding hydrogens is 348 g/mol. The standard InChI is InChI=1S/C23H28N4O/c1-3-5-6-19-7-9-22(10-8-19)26-23(28)21(17-24)18-27(4-2)16-13-20-11-14-25-15-12-20/h7-12,14-15,18H,3-6,13,16H2,1-2H3,(H,26,28)/b21-18-. The van der Waals surface area contributed by atoms with Crippen LogP contribution in [-0.4, -0.2) is 28.9 Å². The fourth-order valence-electron chi connectivity index (χ4n) is 2.79. The number of likely N-dealkylation sites (N-methyl/N-ethyl adjacent to an activating group) is 1. The normalized spacial score (nSPS) is 11.0. The van der Waals surface area contributed by atoms with Gasteiger partial charge in [0.15, 0.2) is 0 Å². The molecule has 0 atom stereocenters. The van der Waals surface area contributed by atoms with Crippen molar-refractivity contribution in [2.24, 2.45) is 0 Å². The molecule has 1 amide bonds. The maximum absolute atomic E-state index is 12.5. The summed E-state index contributed by atoms with van der Waals surface area (Å²) >= 11 is 0. The molecule has 0 saturated carbocycles. The van der Waals surface area contributed by atoms with Crippen molar-refractivity contribution in [2.75, 3.05) is 18.4 Å². The van der Waals surface area contributed by atoms with E-state index < -0.39 is 0 Å². The van der Waals surface area contributed by atoms with Crippen molar-refractivity contribution < 1.29 is 4.79 Å². The van der Waals surface area contributed by atoms with Crippen molar-refractivity contribution in [3.05, 3.63) is 71.7 Å². The van der Waals surface area contributed by atoms with E-state index in [4.69, 9.17) is 0 Å². The number of nitriles is 1.